The van der Waals surface area contributed by atoms with Gasteiger partial charge in [-0.1, -0.05) is 51.0 Å². The van der Waals surface area contributed by atoms with Crippen LogP contribution >= 0.6 is 0 Å². The summed E-state index contributed by atoms with van der Waals surface area (Å²) in [6.07, 6.45) is 6.17. The normalized spacial score (nSPS) is 17.8. The van der Waals surface area contributed by atoms with Crippen molar-refractivity contribution < 1.29 is 5.11 Å². The molecule has 2 rings (SSSR count). The minimum Gasteiger partial charge on any atom is -0.387 e. The third-order valence-electron chi connectivity index (χ3n) is 4.79. The van der Waals surface area contributed by atoms with Crippen LogP contribution < -0.4 is 0 Å². The van der Waals surface area contributed by atoms with Gasteiger partial charge in [-0.25, -0.2) is 0 Å². The van der Waals surface area contributed by atoms with Crippen LogP contribution in [0.25, 0.3) is 0 Å². The molecule has 1 aromatic rings. The van der Waals surface area contributed by atoms with Gasteiger partial charge in [0.25, 0.3) is 0 Å². The zero-order chi connectivity index (χ0) is 15.2. The van der Waals surface area contributed by atoms with Gasteiger partial charge in [0.15, 0.2) is 0 Å². The summed E-state index contributed by atoms with van der Waals surface area (Å²) in [5.41, 5.74) is 2.28. The Bertz CT molecular complexity index is 423. The SMILES string of the molecule is Cc1ccccc1C(O)CN(CCC(C)C)C1CCCC1. The van der Waals surface area contributed by atoms with E-state index in [1.54, 1.807) is 0 Å². The molecule has 0 aromatic heterocycles. The highest BCUT2D eigenvalue weighted by atomic mass is 16.3. The van der Waals surface area contributed by atoms with Gasteiger partial charge < -0.3 is 5.11 Å². The van der Waals surface area contributed by atoms with E-state index >= 15 is 0 Å². The van der Waals surface area contributed by atoms with E-state index in [1.165, 1.54) is 37.7 Å². The topological polar surface area (TPSA) is 23.5 Å². The van der Waals surface area contributed by atoms with E-state index in [2.05, 4.69) is 37.8 Å². The fourth-order valence-corrected chi connectivity index (χ4v) is 3.40. The monoisotopic (exact) mass is 289 g/mol. The summed E-state index contributed by atoms with van der Waals surface area (Å²) in [6.45, 7) is 8.55. The van der Waals surface area contributed by atoms with Crippen LogP contribution in [0.5, 0.6) is 0 Å². The highest BCUT2D eigenvalue weighted by Gasteiger charge is 2.25. The summed E-state index contributed by atoms with van der Waals surface area (Å²) in [5, 5.41) is 10.7. The molecule has 2 nitrogen and oxygen atoms in total. The zero-order valence-corrected chi connectivity index (χ0v) is 13.9. The molecule has 1 atom stereocenters. The van der Waals surface area contributed by atoms with Crippen molar-refractivity contribution in [2.45, 2.75) is 65.0 Å². The first kappa shape index (κ1) is 16.5. The average Bonchev–Trinajstić information content (AvgIpc) is 2.97. The van der Waals surface area contributed by atoms with E-state index < -0.39 is 0 Å². The molecule has 0 saturated heterocycles. The van der Waals surface area contributed by atoms with Gasteiger partial charge in [0.1, 0.15) is 0 Å². The van der Waals surface area contributed by atoms with Gasteiger partial charge >= 0.3 is 0 Å². The molecule has 2 heteroatoms. The van der Waals surface area contributed by atoms with E-state index in [0.29, 0.717) is 6.04 Å². The summed E-state index contributed by atoms with van der Waals surface area (Å²) in [6, 6.07) is 8.91. The van der Waals surface area contributed by atoms with Gasteiger partial charge in [-0.3, -0.25) is 4.90 Å². The van der Waals surface area contributed by atoms with Crippen LogP contribution in [0.2, 0.25) is 0 Å². The average molecular weight is 289 g/mol. The fourth-order valence-electron chi connectivity index (χ4n) is 3.40. The van der Waals surface area contributed by atoms with Crippen molar-refractivity contribution in [1.82, 2.24) is 4.90 Å². The summed E-state index contributed by atoms with van der Waals surface area (Å²) < 4.78 is 0. The number of rotatable bonds is 7. The molecule has 1 aliphatic rings. The quantitative estimate of drug-likeness (QED) is 0.808. The first-order valence-corrected chi connectivity index (χ1v) is 8.55. The van der Waals surface area contributed by atoms with Crippen LogP contribution in [0, 0.1) is 12.8 Å². The summed E-state index contributed by atoms with van der Waals surface area (Å²) in [5.74, 6) is 0.726. The lowest BCUT2D eigenvalue weighted by Gasteiger charge is -2.31. The molecule has 0 spiro atoms. The van der Waals surface area contributed by atoms with Crippen LogP contribution in [-0.4, -0.2) is 29.1 Å². The number of benzene rings is 1. The second-order valence-corrected chi connectivity index (χ2v) is 6.99. The highest BCUT2D eigenvalue weighted by molar-refractivity contribution is 5.27. The summed E-state index contributed by atoms with van der Waals surface area (Å²) in [7, 11) is 0. The van der Waals surface area contributed by atoms with Crippen molar-refractivity contribution in [3.05, 3.63) is 35.4 Å². The van der Waals surface area contributed by atoms with Crippen LogP contribution in [0.1, 0.15) is 63.2 Å². The molecule has 0 heterocycles. The van der Waals surface area contributed by atoms with Crippen LogP contribution in [-0.2, 0) is 0 Å². The molecule has 0 aliphatic heterocycles. The summed E-state index contributed by atoms with van der Waals surface area (Å²) in [4.78, 5) is 2.55. The summed E-state index contributed by atoms with van der Waals surface area (Å²) >= 11 is 0. The second kappa shape index (κ2) is 7.95. The molecule has 1 saturated carbocycles. The van der Waals surface area contributed by atoms with Crippen LogP contribution in [0.15, 0.2) is 24.3 Å². The maximum atomic E-state index is 10.7. The van der Waals surface area contributed by atoms with Gasteiger partial charge in [0, 0.05) is 12.6 Å². The Morgan fingerprint density at radius 2 is 1.86 bits per heavy atom. The Labute approximate surface area is 130 Å². The first-order valence-electron chi connectivity index (χ1n) is 8.55. The Morgan fingerprint density at radius 3 is 2.48 bits per heavy atom. The maximum Gasteiger partial charge on any atom is 0.0919 e. The van der Waals surface area contributed by atoms with Gasteiger partial charge in [0.2, 0.25) is 0 Å². The highest BCUT2D eigenvalue weighted by Crippen LogP contribution is 2.27. The number of aliphatic hydroxyl groups is 1. The van der Waals surface area contributed by atoms with Gasteiger partial charge in [-0.05, 0) is 49.8 Å². The molecule has 0 bridgehead atoms. The number of nitrogens with zero attached hydrogens (tertiary/aromatic N) is 1. The Morgan fingerprint density at radius 1 is 1.19 bits per heavy atom. The molecule has 1 unspecified atom stereocenters. The Kier molecular flexibility index (Phi) is 6.25. The van der Waals surface area contributed by atoms with E-state index in [9.17, 15) is 5.11 Å². The number of aliphatic hydroxyl groups excluding tert-OH is 1. The van der Waals surface area contributed by atoms with E-state index in [-0.39, 0.29) is 6.10 Å². The smallest absolute Gasteiger partial charge is 0.0919 e. The molecule has 1 aliphatic carbocycles. The lowest BCUT2D eigenvalue weighted by molar-refractivity contribution is 0.0839. The van der Waals surface area contributed by atoms with Crippen molar-refractivity contribution in [1.29, 1.82) is 0 Å². The molecule has 0 amide bonds. The molecule has 21 heavy (non-hydrogen) atoms. The molecular weight excluding hydrogens is 258 g/mol. The van der Waals surface area contributed by atoms with Crippen LogP contribution in [0.4, 0.5) is 0 Å². The predicted octanol–water partition coefficient (Wildman–Crippen LogP) is 4.32. The fraction of sp³-hybridized carbons (Fsp3) is 0.684. The van der Waals surface area contributed by atoms with Crippen LogP contribution in [0.3, 0.4) is 0 Å². The predicted molar refractivity (Wildman–Crippen MR) is 89.4 cm³/mol. The standard InChI is InChI=1S/C19H31NO/c1-15(2)12-13-20(17-9-5-6-10-17)14-19(21)18-11-7-4-8-16(18)3/h4,7-8,11,15,17,19,21H,5-6,9-10,12-14H2,1-3H3. The molecule has 0 radical (unpaired) electrons. The van der Waals surface area contributed by atoms with Gasteiger partial charge in [0.05, 0.1) is 6.10 Å². The lowest BCUT2D eigenvalue weighted by atomic mass is 10.0. The minimum absolute atomic E-state index is 0.362. The van der Waals surface area contributed by atoms with Crippen molar-refractivity contribution in [3.8, 4) is 0 Å². The number of aryl methyl sites for hydroxylation is 1. The molecule has 1 fully saturated rings. The van der Waals surface area contributed by atoms with Gasteiger partial charge in [-0.2, -0.15) is 0 Å². The minimum atomic E-state index is -0.362. The lowest BCUT2D eigenvalue weighted by Crippen LogP contribution is -2.38. The number of hydrogen-bond donors (Lipinski definition) is 1. The van der Waals surface area contributed by atoms with Crippen molar-refractivity contribution in [3.63, 3.8) is 0 Å². The third-order valence-corrected chi connectivity index (χ3v) is 4.79. The molecule has 118 valence electrons. The molecular formula is C19H31NO. The molecule has 1 N–H and O–H groups in total. The zero-order valence-electron chi connectivity index (χ0n) is 13.9. The van der Waals surface area contributed by atoms with Crippen molar-refractivity contribution in [2.24, 2.45) is 5.92 Å². The largest absolute Gasteiger partial charge is 0.387 e. The molecule has 1 aromatic carbocycles. The Balaban J connectivity index is 2.01. The van der Waals surface area contributed by atoms with E-state index in [1.807, 2.05) is 12.1 Å². The second-order valence-electron chi connectivity index (χ2n) is 6.99. The first-order chi connectivity index (χ1) is 10.1. The third kappa shape index (κ3) is 4.82. The van der Waals surface area contributed by atoms with Crippen molar-refractivity contribution in [2.75, 3.05) is 13.1 Å². The Hall–Kier alpha value is -0.860. The van der Waals surface area contributed by atoms with E-state index in [4.69, 9.17) is 0 Å². The van der Waals surface area contributed by atoms with E-state index in [0.717, 1.165) is 24.6 Å². The number of hydrogen-bond acceptors (Lipinski definition) is 2. The maximum absolute atomic E-state index is 10.7. The van der Waals surface area contributed by atoms with Gasteiger partial charge in [-0.15, -0.1) is 0 Å². The van der Waals surface area contributed by atoms with Crippen molar-refractivity contribution >= 4 is 0 Å².